The summed E-state index contributed by atoms with van der Waals surface area (Å²) in [6.07, 6.45) is 1.53. The smallest absolute Gasteiger partial charge is 0.338 e. The molecule has 0 radical (unpaired) electrons. The lowest BCUT2D eigenvalue weighted by Gasteiger charge is -2.15. The van der Waals surface area contributed by atoms with E-state index in [-0.39, 0.29) is 12.4 Å². The predicted octanol–water partition coefficient (Wildman–Crippen LogP) is 2.74. The molecule has 0 aliphatic rings. The van der Waals surface area contributed by atoms with Crippen LogP contribution in [0.5, 0.6) is 0 Å². The molecular formula is C15H18O4. The van der Waals surface area contributed by atoms with Gasteiger partial charge in [-0.1, -0.05) is 24.3 Å². The van der Waals surface area contributed by atoms with Gasteiger partial charge in [0.1, 0.15) is 6.10 Å². The van der Waals surface area contributed by atoms with Gasteiger partial charge in [0.2, 0.25) is 0 Å². The van der Waals surface area contributed by atoms with Gasteiger partial charge in [0.15, 0.2) is 0 Å². The van der Waals surface area contributed by atoms with E-state index < -0.39 is 12.1 Å². The van der Waals surface area contributed by atoms with Gasteiger partial charge in [-0.15, -0.1) is 6.58 Å². The van der Waals surface area contributed by atoms with Gasteiger partial charge < -0.3 is 9.47 Å². The van der Waals surface area contributed by atoms with Crippen LogP contribution in [-0.2, 0) is 14.3 Å². The summed E-state index contributed by atoms with van der Waals surface area (Å²) >= 11 is 0. The summed E-state index contributed by atoms with van der Waals surface area (Å²) < 4.78 is 10.1. The Labute approximate surface area is 113 Å². The molecule has 0 fully saturated rings. The van der Waals surface area contributed by atoms with Gasteiger partial charge in [-0.3, -0.25) is 4.79 Å². The summed E-state index contributed by atoms with van der Waals surface area (Å²) in [5.41, 5.74) is 0.459. The zero-order valence-corrected chi connectivity index (χ0v) is 11.0. The molecule has 0 aliphatic heterocycles. The SMILES string of the molecule is C=CC[C@H](CC(=O)OCC)OC(=O)c1ccccc1. The second kappa shape index (κ2) is 8.08. The third-order valence-corrected chi connectivity index (χ3v) is 2.41. The minimum Gasteiger partial charge on any atom is -0.466 e. The van der Waals surface area contributed by atoms with E-state index in [2.05, 4.69) is 6.58 Å². The Hall–Kier alpha value is -2.10. The van der Waals surface area contributed by atoms with Crippen LogP contribution >= 0.6 is 0 Å². The van der Waals surface area contributed by atoms with Crippen molar-refractivity contribution in [3.63, 3.8) is 0 Å². The number of carbonyl (C=O) groups is 2. The first-order valence-electron chi connectivity index (χ1n) is 6.20. The van der Waals surface area contributed by atoms with Crippen molar-refractivity contribution in [2.24, 2.45) is 0 Å². The first-order chi connectivity index (χ1) is 9.17. The molecule has 4 nitrogen and oxygen atoms in total. The summed E-state index contributed by atoms with van der Waals surface area (Å²) in [7, 11) is 0. The molecule has 0 saturated heterocycles. The molecule has 0 amide bonds. The Kier molecular flexibility index (Phi) is 6.36. The second-order valence-corrected chi connectivity index (χ2v) is 3.93. The van der Waals surface area contributed by atoms with E-state index in [1.54, 1.807) is 37.3 Å². The fraction of sp³-hybridized carbons (Fsp3) is 0.333. The van der Waals surface area contributed by atoms with Gasteiger partial charge in [-0.25, -0.2) is 4.79 Å². The maximum atomic E-state index is 11.9. The molecule has 4 heteroatoms. The van der Waals surface area contributed by atoms with E-state index in [9.17, 15) is 9.59 Å². The number of rotatable bonds is 7. The van der Waals surface area contributed by atoms with E-state index in [4.69, 9.17) is 9.47 Å². The van der Waals surface area contributed by atoms with Gasteiger partial charge in [-0.2, -0.15) is 0 Å². The lowest BCUT2D eigenvalue weighted by Crippen LogP contribution is -2.22. The highest BCUT2D eigenvalue weighted by atomic mass is 16.6. The molecular weight excluding hydrogens is 244 g/mol. The normalized spacial score (nSPS) is 11.4. The maximum Gasteiger partial charge on any atom is 0.338 e. The van der Waals surface area contributed by atoms with Crippen molar-refractivity contribution in [2.45, 2.75) is 25.9 Å². The summed E-state index contributed by atoms with van der Waals surface area (Å²) in [5.74, 6) is -0.827. The van der Waals surface area contributed by atoms with Crippen LogP contribution in [0.4, 0.5) is 0 Å². The lowest BCUT2D eigenvalue weighted by molar-refractivity contribution is -0.145. The van der Waals surface area contributed by atoms with Crippen molar-refractivity contribution in [1.82, 2.24) is 0 Å². The quantitative estimate of drug-likeness (QED) is 0.560. The topological polar surface area (TPSA) is 52.6 Å². The summed E-state index contributed by atoms with van der Waals surface area (Å²) in [6.45, 7) is 5.63. The highest BCUT2D eigenvalue weighted by Crippen LogP contribution is 2.10. The number of esters is 2. The predicted molar refractivity (Wildman–Crippen MR) is 71.7 cm³/mol. The van der Waals surface area contributed by atoms with Crippen LogP contribution in [0.1, 0.15) is 30.1 Å². The van der Waals surface area contributed by atoms with Crippen LogP contribution in [0.3, 0.4) is 0 Å². The summed E-state index contributed by atoms with van der Waals surface area (Å²) in [5, 5.41) is 0. The zero-order valence-electron chi connectivity index (χ0n) is 11.0. The molecule has 0 spiro atoms. The molecule has 1 aromatic rings. The molecule has 0 N–H and O–H groups in total. The Bertz CT molecular complexity index is 425. The van der Waals surface area contributed by atoms with Gasteiger partial charge >= 0.3 is 11.9 Å². The standard InChI is InChI=1S/C15H18O4/c1-3-8-13(11-14(16)18-4-2)19-15(17)12-9-6-5-7-10-12/h3,5-7,9-10,13H,1,4,8,11H2,2H3/t13-/m1/s1. The third kappa shape index (κ3) is 5.38. The molecule has 0 heterocycles. The summed E-state index contributed by atoms with van der Waals surface area (Å²) in [4.78, 5) is 23.3. The average molecular weight is 262 g/mol. The van der Waals surface area contributed by atoms with E-state index >= 15 is 0 Å². The molecule has 0 saturated carbocycles. The van der Waals surface area contributed by atoms with Crippen molar-refractivity contribution in [1.29, 1.82) is 0 Å². The lowest BCUT2D eigenvalue weighted by atomic mass is 10.1. The van der Waals surface area contributed by atoms with Gasteiger partial charge in [0, 0.05) is 6.42 Å². The van der Waals surface area contributed by atoms with E-state index in [1.165, 1.54) is 0 Å². The molecule has 0 bridgehead atoms. The summed E-state index contributed by atoms with van der Waals surface area (Å²) in [6, 6.07) is 8.65. The van der Waals surface area contributed by atoms with E-state index in [0.717, 1.165) is 0 Å². The molecule has 0 unspecified atom stereocenters. The first-order valence-corrected chi connectivity index (χ1v) is 6.20. The third-order valence-electron chi connectivity index (χ3n) is 2.41. The van der Waals surface area contributed by atoms with Crippen LogP contribution in [-0.4, -0.2) is 24.6 Å². The molecule has 1 aromatic carbocycles. The highest BCUT2D eigenvalue weighted by Gasteiger charge is 2.18. The minimum atomic E-state index is -0.538. The second-order valence-electron chi connectivity index (χ2n) is 3.93. The number of benzene rings is 1. The van der Waals surface area contributed by atoms with Crippen LogP contribution < -0.4 is 0 Å². The molecule has 0 aromatic heterocycles. The number of ether oxygens (including phenoxy) is 2. The van der Waals surface area contributed by atoms with E-state index in [1.807, 2.05) is 6.07 Å². The van der Waals surface area contributed by atoms with Crippen molar-refractivity contribution in [3.8, 4) is 0 Å². The number of hydrogen-bond donors (Lipinski definition) is 0. The molecule has 0 aliphatic carbocycles. The molecule has 102 valence electrons. The number of carbonyl (C=O) groups excluding carboxylic acids is 2. The van der Waals surface area contributed by atoms with Crippen molar-refractivity contribution >= 4 is 11.9 Å². The highest BCUT2D eigenvalue weighted by molar-refractivity contribution is 5.89. The van der Waals surface area contributed by atoms with Crippen molar-refractivity contribution in [2.75, 3.05) is 6.61 Å². The zero-order chi connectivity index (χ0) is 14.1. The van der Waals surface area contributed by atoms with Gasteiger partial charge in [-0.05, 0) is 19.1 Å². The first kappa shape index (κ1) is 15.0. The monoisotopic (exact) mass is 262 g/mol. The Morgan fingerprint density at radius 2 is 2.00 bits per heavy atom. The number of hydrogen-bond acceptors (Lipinski definition) is 4. The Morgan fingerprint density at radius 1 is 1.32 bits per heavy atom. The maximum absolute atomic E-state index is 11.9. The molecule has 19 heavy (non-hydrogen) atoms. The largest absolute Gasteiger partial charge is 0.466 e. The Balaban J connectivity index is 2.60. The molecule has 1 atom stereocenters. The van der Waals surface area contributed by atoms with Crippen LogP contribution in [0.2, 0.25) is 0 Å². The van der Waals surface area contributed by atoms with E-state index in [0.29, 0.717) is 18.6 Å². The van der Waals surface area contributed by atoms with Crippen molar-refractivity contribution < 1.29 is 19.1 Å². The minimum absolute atomic E-state index is 0.0401. The van der Waals surface area contributed by atoms with Crippen molar-refractivity contribution in [3.05, 3.63) is 48.6 Å². The van der Waals surface area contributed by atoms with Gasteiger partial charge in [0.25, 0.3) is 0 Å². The fourth-order valence-corrected chi connectivity index (χ4v) is 1.56. The van der Waals surface area contributed by atoms with Crippen LogP contribution in [0, 0.1) is 0 Å². The average Bonchev–Trinajstić information content (AvgIpc) is 2.40. The van der Waals surface area contributed by atoms with Crippen LogP contribution in [0.15, 0.2) is 43.0 Å². The Morgan fingerprint density at radius 3 is 2.58 bits per heavy atom. The molecule has 1 rings (SSSR count). The van der Waals surface area contributed by atoms with Crippen LogP contribution in [0.25, 0.3) is 0 Å². The van der Waals surface area contributed by atoms with Gasteiger partial charge in [0.05, 0.1) is 18.6 Å². The fourth-order valence-electron chi connectivity index (χ4n) is 1.56.